The monoisotopic (exact) mass is 331 g/mol. The van der Waals surface area contributed by atoms with Crippen LogP contribution < -0.4 is 4.72 Å². The standard InChI is InChI=1S/C19H25NO2S/c1-3-4-8-18(17-9-6-5-7-10-17)15-20-23(21,22)19-13-11-16(2)12-14-19/h5-7,9-14,18,20H,3-4,8,15H2,1-2H3/t18-/m0/s1. The zero-order valence-corrected chi connectivity index (χ0v) is 14.6. The molecule has 2 aromatic carbocycles. The molecular formula is C19H25NO2S. The SMILES string of the molecule is CCCC[C@@H](CNS(=O)(=O)c1ccc(C)cc1)c1ccccc1. The van der Waals surface area contributed by atoms with E-state index in [2.05, 4.69) is 23.8 Å². The lowest BCUT2D eigenvalue weighted by molar-refractivity contribution is 0.546. The molecule has 0 saturated heterocycles. The summed E-state index contributed by atoms with van der Waals surface area (Å²) in [6.07, 6.45) is 3.18. The van der Waals surface area contributed by atoms with Crippen molar-refractivity contribution in [1.82, 2.24) is 4.72 Å². The van der Waals surface area contributed by atoms with Crippen LogP contribution in [0, 0.1) is 6.92 Å². The van der Waals surface area contributed by atoms with Gasteiger partial charge in [-0.3, -0.25) is 0 Å². The molecule has 4 heteroatoms. The highest BCUT2D eigenvalue weighted by atomic mass is 32.2. The molecule has 0 heterocycles. The fraction of sp³-hybridized carbons (Fsp3) is 0.368. The van der Waals surface area contributed by atoms with Crippen LogP contribution in [0.1, 0.15) is 43.2 Å². The number of hydrogen-bond donors (Lipinski definition) is 1. The Kier molecular flexibility index (Phi) is 6.37. The van der Waals surface area contributed by atoms with Crippen molar-refractivity contribution >= 4 is 10.0 Å². The van der Waals surface area contributed by atoms with Crippen LogP contribution in [0.15, 0.2) is 59.5 Å². The highest BCUT2D eigenvalue weighted by molar-refractivity contribution is 7.89. The van der Waals surface area contributed by atoms with Gasteiger partial charge in [0.2, 0.25) is 10.0 Å². The maximum atomic E-state index is 12.4. The highest BCUT2D eigenvalue weighted by Gasteiger charge is 2.17. The van der Waals surface area contributed by atoms with E-state index >= 15 is 0 Å². The van der Waals surface area contributed by atoms with Gasteiger partial charge in [-0.25, -0.2) is 13.1 Å². The van der Waals surface area contributed by atoms with Crippen molar-refractivity contribution in [3.8, 4) is 0 Å². The summed E-state index contributed by atoms with van der Waals surface area (Å²) in [4.78, 5) is 0.324. The number of nitrogens with one attached hydrogen (secondary N) is 1. The van der Waals surface area contributed by atoms with Crippen molar-refractivity contribution in [2.24, 2.45) is 0 Å². The minimum absolute atomic E-state index is 0.205. The first-order valence-electron chi connectivity index (χ1n) is 8.14. The Labute approximate surface area is 139 Å². The van der Waals surface area contributed by atoms with Gasteiger partial charge in [-0.1, -0.05) is 67.8 Å². The molecule has 3 nitrogen and oxygen atoms in total. The molecule has 0 aliphatic rings. The zero-order chi connectivity index (χ0) is 16.7. The number of unbranched alkanes of at least 4 members (excludes halogenated alkanes) is 1. The van der Waals surface area contributed by atoms with Crippen LogP contribution in [0.25, 0.3) is 0 Å². The predicted molar refractivity (Wildman–Crippen MR) is 95.1 cm³/mol. The normalized spacial score (nSPS) is 13.0. The summed E-state index contributed by atoms with van der Waals surface area (Å²) in [5, 5.41) is 0. The summed E-state index contributed by atoms with van der Waals surface area (Å²) in [5.74, 6) is 0.205. The number of sulfonamides is 1. The van der Waals surface area contributed by atoms with Crippen molar-refractivity contribution in [3.05, 3.63) is 65.7 Å². The largest absolute Gasteiger partial charge is 0.240 e. The first kappa shape index (κ1) is 17.7. The topological polar surface area (TPSA) is 46.2 Å². The molecule has 2 aromatic rings. The summed E-state index contributed by atoms with van der Waals surface area (Å²) >= 11 is 0. The van der Waals surface area contributed by atoms with E-state index in [0.29, 0.717) is 11.4 Å². The van der Waals surface area contributed by atoms with E-state index in [9.17, 15) is 8.42 Å². The number of rotatable bonds is 8. The first-order chi connectivity index (χ1) is 11.0. The maximum absolute atomic E-state index is 12.4. The van der Waals surface area contributed by atoms with E-state index in [1.54, 1.807) is 12.1 Å². The van der Waals surface area contributed by atoms with Crippen molar-refractivity contribution in [2.45, 2.75) is 43.9 Å². The fourth-order valence-electron chi connectivity index (χ4n) is 2.57. The van der Waals surface area contributed by atoms with Crippen LogP contribution in [-0.2, 0) is 10.0 Å². The van der Waals surface area contributed by atoms with E-state index in [1.165, 1.54) is 5.56 Å². The average Bonchev–Trinajstić information content (AvgIpc) is 2.56. The van der Waals surface area contributed by atoms with E-state index in [1.807, 2.05) is 37.3 Å². The number of benzene rings is 2. The Hall–Kier alpha value is -1.65. The lowest BCUT2D eigenvalue weighted by Crippen LogP contribution is -2.28. The quantitative estimate of drug-likeness (QED) is 0.786. The van der Waals surface area contributed by atoms with Crippen LogP contribution >= 0.6 is 0 Å². The molecule has 1 N–H and O–H groups in total. The van der Waals surface area contributed by atoms with Gasteiger partial charge in [0, 0.05) is 6.54 Å². The second-order valence-corrected chi connectivity index (χ2v) is 7.68. The molecule has 0 spiro atoms. The third kappa shape index (κ3) is 5.19. The van der Waals surface area contributed by atoms with Crippen LogP contribution in [0.2, 0.25) is 0 Å². The minimum Gasteiger partial charge on any atom is -0.211 e. The van der Waals surface area contributed by atoms with Crippen molar-refractivity contribution in [1.29, 1.82) is 0 Å². The Morgan fingerprint density at radius 2 is 1.65 bits per heavy atom. The molecule has 23 heavy (non-hydrogen) atoms. The van der Waals surface area contributed by atoms with Gasteiger partial charge in [0.1, 0.15) is 0 Å². The molecule has 0 aliphatic carbocycles. The van der Waals surface area contributed by atoms with Gasteiger partial charge >= 0.3 is 0 Å². The molecular weight excluding hydrogens is 306 g/mol. The Morgan fingerprint density at radius 1 is 1.00 bits per heavy atom. The molecule has 1 atom stereocenters. The summed E-state index contributed by atoms with van der Waals surface area (Å²) in [5.41, 5.74) is 2.24. The van der Waals surface area contributed by atoms with Gasteiger partial charge in [-0.15, -0.1) is 0 Å². The molecule has 0 unspecified atom stereocenters. The third-order valence-corrected chi connectivity index (χ3v) is 5.47. The lowest BCUT2D eigenvalue weighted by Gasteiger charge is -2.18. The summed E-state index contributed by atoms with van der Waals surface area (Å²) in [7, 11) is -3.46. The summed E-state index contributed by atoms with van der Waals surface area (Å²) in [6, 6.07) is 17.1. The molecule has 0 saturated carbocycles. The van der Waals surface area contributed by atoms with Gasteiger partial charge in [0.05, 0.1) is 4.90 Å². The lowest BCUT2D eigenvalue weighted by atomic mass is 9.94. The van der Waals surface area contributed by atoms with E-state index < -0.39 is 10.0 Å². The molecule has 124 valence electrons. The number of hydrogen-bond acceptors (Lipinski definition) is 2. The van der Waals surface area contributed by atoms with E-state index in [0.717, 1.165) is 24.8 Å². The number of aryl methyl sites for hydroxylation is 1. The van der Waals surface area contributed by atoms with Gasteiger partial charge in [-0.2, -0.15) is 0 Å². The van der Waals surface area contributed by atoms with Crippen molar-refractivity contribution in [3.63, 3.8) is 0 Å². The van der Waals surface area contributed by atoms with Crippen LogP contribution in [-0.4, -0.2) is 15.0 Å². The Balaban J connectivity index is 2.09. The smallest absolute Gasteiger partial charge is 0.211 e. The molecule has 0 bridgehead atoms. The summed E-state index contributed by atoms with van der Waals surface area (Å²) < 4.78 is 27.7. The Morgan fingerprint density at radius 3 is 2.26 bits per heavy atom. The van der Waals surface area contributed by atoms with Gasteiger partial charge in [0.25, 0.3) is 0 Å². The summed E-state index contributed by atoms with van der Waals surface area (Å²) in [6.45, 7) is 4.53. The van der Waals surface area contributed by atoms with Crippen molar-refractivity contribution in [2.75, 3.05) is 6.54 Å². The zero-order valence-electron chi connectivity index (χ0n) is 13.8. The maximum Gasteiger partial charge on any atom is 0.240 e. The highest BCUT2D eigenvalue weighted by Crippen LogP contribution is 2.22. The van der Waals surface area contributed by atoms with E-state index in [4.69, 9.17) is 0 Å². The average molecular weight is 331 g/mol. The minimum atomic E-state index is -3.46. The predicted octanol–water partition coefficient (Wildman–Crippen LogP) is 4.25. The van der Waals surface area contributed by atoms with Crippen molar-refractivity contribution < 1.29 is 8.42 Å². The van der Waals surface area contributed by atoms with Gasteiger partial charge in [0.15, 0.2) is 0 Å². The molecule has 0 aromatic heterocycles. The molecule has 2 rings (SSSR count). The molecule has 0 aliphatic heterocycles. The second kappa shape index (κ2) is 8.27. The first-order valence-corrected chi connectivity index (χ1v) is 9.62. The van der Waals surface area contributed by atoms with Gasteiger partial charge < -0.3 is 0 Å². The molecule has 0 amide bonds. The van der Waals surface area contributed by atoms with E-state index in [-0.39, 0.29) is 5.92 Å². The van der Waals surface area contributed by atoms with Crippen LogP contribution in [0.3, 0.4) is 0 Å². The molecule has 0 fully saturated rings. The fourth-order valence-corrected chi connectivity index (χ4v) is 3.66. The van der Waals surface area contributed by atoms with Crippen LogP contribution in [0.5, 0.6) is 0 Å². The van der Waals surface area contributed by atoms with Gasteiger partial charge in [-0.05, 0) is 37.0 Å². The second-order valence-electron chi connectivity index (χ2n) is 5.91. The molecule has 0 radical (unpaired) electrons. The third-order valence-electron chi connectivity index (χ3n) is 4.03. The Bertz CT molecular complexity index is 694. The van der Waals surface area contributed by atoms with Crippen LogP contribution in [0.4, 0.5) is 0 Å².